The molecule has 4 atom stereocenters. The van der Waals surface area contributed by atoms with Crippen LogP contribution in [0.1, 0.15) is 77.0 Å². The van der Waals surface area contributed by atoms with E-state index in [9.17, 15) is 4.79 Å². The quantitative estimate of drug-likeness (QED) is 0.413. The smallest absolute Gasteiger partial charge is 0.303 e. The number of aliphatic carboxylic acids is 1. The van der Waals surface area contributed by atoms with E-state index >= 15 is 0 Å². The fraction of sp³-hybridized carbons (Fsp3) is 0.857. The van der Waals surface area contributed by atoms with Gasteiger partial charge in [-0.05, 0) is 69.0 Å². The van der Waals surface area contributed by atoms with Crippen LogP contribution >= 0.6 is 11.8 Å². The molecule has 1 saturated carbocycles. The second-order valence-corrected chi connectivity index (χ2v) is 9.44. The highest BCUT2D eigenvalue weighted by Crippen LogP contribution is 2.47. The number of allylic oxidation sites excluding steroid dienone is 2. The van der Waals surface area contributed by atoms with E-state index in [0.29, 0.717) is 18.1 Å². The third-order valence-corrected chi connectivity index (χ3v) is 7.70. The molecule has 3 rings (SSSR count). The maximum absolute atomic E-state index is 10.5. The summed E-state index contributed by atoms with van der Waals surface area (Å²) in [5, 5.41) is 9.60. The highest BCUT2D eigenvalue weighted by atomic mass is 32.2. The van der Waals surface area contributed by atoms with Crippen LogP contribution in [-0.2, 0) is 9.53 Å². The first kappa shape index (κ1) is 19.3. The van der Waals surface area contributed by atoms with Crippen LogP contribution < -0.4 is 0 Å². The first-order valence-corrected chi connectivity index (χ1v) is 11.4. The molecule has 0 aromatic rings. The number of carboxylic acids is 1. The Morgan fingerprint density at radius 1 is 1.04 bits per heavy atom. The zero-order valence-electron chi connectivity index (χ0n) is 15.4. The number of carbonyl (C=O) groups is 1. The molecule has 2 saturated heterocycles. The van der Waals surface area contributed by atoms with Crippen molar-refractivity contribution in [2.75, 3.05) is 5.75 Å². The van der Waals surface area contributed by atoms with Gasteiger partial charge in [-0.25, -0.2) is 0 Å². The normalized spacial score (nSPS) is 32.6. The van der Waals surface area contributed by atoms with Crippen molar-refractivity contribution in [1.82, 2.24) is 0 Å². The van der Waals surface area contributed by atoms with Crippen molar-refractivity contribution in [3.05, 3.63) is 12.2 Å². The van der Waals surface area contributed by atoms with Crippen molar-refractivity contribution in [2.24, 2.45) is 11.8 Å². The SMILES string of the molecule is O=C(O)CCCC=CC[C@@H]1[C@H](CCSC2CCCCC2)[C@@H]2CC[C@H]1O2. The van der Waals surface area contributed by atoms with Gasteiger partial charge in [0.05, 0.1) is 12.2 Å². The Morgan fingerprint density at radius 2 is 1.80 bits per heavy atom. The van der Waals surface area contributed by atoms with E-state index in [-0.39, 0.29) is 6.42 Å². The standard InChI is InChI=1S/C21H34O3S/c22-21(23)11-7-2-1-6-10-17-18(20-13-12-19(17)24-20)14-15-25-16-8-4-3-5-9-16/h1,6,16-20H,2-5,7-15H2,(H,22,23)/t17-,18+,19-,20+/m1/s1. The molecule has 2 heterocycles. The summed E-state index contributed by atoms with van der Waals surface area (Å²) in [5.41, 5.74) is 0. The molecule has 2 aliphatic heterocycles. The number of unbranched alkanes of at least 4 members (excludes halogenated alkanes) is 1. The minimum absolute atomic E-state index is 0.280. The molecule has 0 amide bonds. The van der Waals surface area contributed by atoms with Crippen molar-refractivity contribution in [3.8, 4) is 0 Å². The molecule has 2 bridgehead atoms. The van der Waals surface area contributed by atoms with Gasteiger partial charge in [0.15, 0.2) is 0 Å². The lowest BCUT2D eigenvalue weighted by Crippen LogP contribution is -2.27. The monoisotopic (exact) mass is 366 g/mol. The second kappa shape index (κ2) is 10.0. The van der Waals surface area contributed by atoms with E-state index in [1.54, 1.807) is 0 Å². The molecule has 1 aliphatic carbocycles. The summed E-state index contributed by atoms with van der Waals surface area (Å²) in [7, 11) is 0. The van der Waals surface area contributed by atoms with E-state index in [2.05, 4.69) is 23.9 Å². The predicted molar refractivity (Wildman–Crippen MR) is 104 cm³/mol. The summed E-state index contributed by atoms with van der Waals surface area (Å²) in [6.07, 6.45) is 19.5. The number of thioether (sulfide) groups is 1. The van der Waals surface area contributed by atoms with Gasteiger partial charge in [0.1, 0.15) is 0 Å². The van der Waals surface area contributed by atoms with Crippen molar-refractivity contribution >= 4 is 17.7 Å². The average Bonchev–Trinajstić information content (AvgIpc) is 3.21. The van der Waals surface area contributed by atoms with Crippen molar-refractivity contribution < 1.29 is 14.6 Å². The van der Waals surface area contributed by atoms with Crippen LogP contribution in [0.15, 0.2) is 12.2 Å². The molecule has 3 aliphatic rings. The van der Waals surface area contributed by atoms with Gasteiger partial charge in [-0.2, -0.15) is 11.8 Å². The van der Waals surface area contributed by atoms with Gasteiger partial charge in [0, 0.05) is 11.7 Å². The molecule has 4 heteroatoms. The number of hydrogen-bond acceptors (Lipinski definition) is 3. The Hall–Kier alpha value is -0.480. The molecule has 0 spiro atoms. The predicted octanol–water partition coefficient (Wildman–Crippen LogP) is 5.44. The summed E-state index contributed by atoms with van der Waals surface area (Å²) in [4.78, 5) is 10.5. The van der Waals surface area contributed by atoms with Gasteiger partial charge in [-0.1, -0.05) is 31.4 Å². The number of carboxylic acid groups (broad SMARTS) is 1. The highest BCUT2D eigenvalue weighted by molar-refractivity contribution is 7.99. The van der Waals surface area contributed by atoms with Crippen LogP contribution in [0.25, 0.3) is 0 Å². The van der Waals surface area contributed by atoms with Gasteiger partial charge < -0.3 is 9.84 Å². The van der Waals surface area contributed by atoms with Crippen molar-refractivity contribution in [1.29, 1.82) is 0 Å². The maximum atomic E-state index is 10.5. The molecule has 0 aromatic heterocycles. The molecule has 0 unspecified atom stereocenters. The van der Waals surface area contributed by atoms with Crippen LogP contribution in [0.4, 0.5) is 0 Å². The molecule has 3 fully saturated rings. The number of ether oxygens (including phenoxy) is 1. The van der Waals surface area contributed by atoms with Crippen LogP contribution in [0, 0.1) is 11.8 Å². The summed E-state index contributed by atoms with van der Waals surface area (Å²) >= 11 is 2.22. The summed E-state index contributed by atoms with van der Waals surface area (Å²) in [6.45, 7) is 0. The van der Waals surface area contributed by atoms with Gasteiger partial charge in [-0.3, -0.25) is 4.79 Å². The van der Waals surface area contributed by atoms with Gasteiger partial charge >= 0.3 is 5.97 Å². The minimum Gasteiger partial charge on any atom is -0.481 e. The molecule has 25 heavy (non-hydrogen) atoms. The fourth-order valence-electron chi connectivity index (χ4n) is 4.94. The third kappa shape index (κ3) is 5.75. The van der Waals surface area contributed by atoms with E-state index < -0.39 is 5.97 Å². The van der Waals surface area contributed by atoms with Gasteiger partial charge in [0.2, 0.25) is 0 Å². The van der Waals surface area contributed by atoms with Gasteiger partial charge in [0.25, 0.3) is 0 Å². The molecular formula is C21H34O3S. The largest absolute Gasteiger partial charge is 0.481 e. The molecule has 1 N–H and O–H groups in total. The molecule has 3 nitrogen and oxygen atoms in total. The first-order chi connectivity index (χ1) is 12.2. The summed E-state index contributed by atoms with van der Waals surface area (Å²) < 4.78 is 6.23. The van der Waals surface area contributed by atoms with E-state index in [1.165, 1.54) is 57.1 Å². The lowest BCUT2D eigenvalue weighted by molar-refractivity contribution is -0.137. The zero-order chi connectivity index (χ0) is 17.5. The van der Waals surface area contributed by atoms with Crippen LogP contribution in [0.3, 0.4) is 0 Å². The average molecular weight is 367 g/mol. The summed E-state index contributed by atoms with van der Waals surface area (Å²) in [5.74, 6) is 2.06. The van der Waals surface area contributed by atoms with Crippen molar-refractivity contribution in [2.45, 2.75) is 94.5 Å². The fourth-order valence-corrected chi connectivity index (χ4v) is 6.35. The first-order valence-electron chi connectivity index (χ1n) is 10.4. The Balaban J connectivity index is 1.38. The van der Waals surface area contributed by atoms with Gasteiger partial charge in [-0.15, -0.1) is 0 Å². The van der Waals surface area contributed by atoms with E-state index in [4.69, 9.17) is 9.84 Å². The topological polar surface area (TPSA) is 46.5 Å². The van der Waals surface area contributed by atoms with E-state index in [1.807, 2.05) is 0 Å². The van der Waals surface area contributed by atoms with Crippen molar-refractivity contribution in [3.63, 3.8) is 0 Å². The summed E-state index contributed by atoms with van der Waals surface area (Å²) in [6, 6.07) is 0. The Bertz CT molecular complexity index is 444. The Morgan fingerprint density at radius 3 is 2.56 bits per heavy atom. The Kier molecular flexibility index (Phi) is 7.72. The number of fused-ring (bicyclic) bond motifs is 2. The number of rotatable bonds is 10. The van der Waals surface area contributed by atoms with Crippen LogP contribution in [0.5, 0.6) is 0 Å². The second-order valence-electron chi connectivity index (χ2n) is 8.03. The molecule has 142 valence electrons. The molecular weight excluding hydrogens is 332 g/mol. The zero-order valence-corrected chi connectivity index (χ0v) is 16.2. The maximum Gasteiger partial charge on any atom is 0.303 e. The Labute approximate surface area is 157 Å². The molecule has 0 aromatic carbocycles. The van der Waals surface area contributed by atoms with Crippen LogP contribution in [0.2, 0.25) is 0 Å². The minimum atomic E-state index is -0.689. The number of hydrogen-bond donors (Lipinski definition) is 1. The lowest BCUT2D eigenvalue weighted by atomic mass is 9.76. The van der Waals surface area contributed by atoms with Crippen LogP contribution in [-0.4, -0.2) is 34.3 Å². The third-order valence-electron chi connectivity index (χ3n) is 6.28. The lowest BCUT2D eigenvalue weighted by Gasteiger charge is -2.28. The highest BCUT2D eigenvalue weighted by Gasteiger charge is 2.47. The van der Waals surface area contributed by atoms with E-state index in [0.717, 1.165) is 30.4 Å². The molecule has 0 radical (unpaired) electrons.